The van der Waals surface area contributed by atoms with Gasteiger partial charge in [0.25, 0.3) is 0 Å². The maximum absolute atomic E-state index is 10.7. The molecule has 0 unspecified atom stereocenters. The van der Waals surface area contributed by atoms with Crippen molar-refractivity contribution >= 4 is 17.3 Å². The molecule has 5 heteroatoms. The standard InChI is InChI=1S/C8H6N2O2S/c11-7(12)6-2-1-4-10(6)8-9-3-5-13-8/h1-5H,(H,11,12). The highest BCUT2D eigenvalue weighted by Crippen LogP contribution is 2.14. The van der Waals surface area contributed by atoms with E-state index < -0.39 is 5.97 Å². The van der Waals surface area contributed by atoms with Gasteiger partial charge in [-0.25, -0.2) is 9.78 Å². The van der Waals surface area contributed by atoms with Gasteiger partial charge in [0.15, 0.2) is 5.13 Å². The monoisotopic (exact) mass is 194 g/mol. The number of rotatable bonds is 2. The summed E-state index contributed by atoms with van der Waals surface area (Å²) in [5, 5.41) is 11.3. The molecule has 0 aliphatic carbocycles. The zero-order valence-electron chi connectivity index (χ0n) is 6.54. The molecule has 0 bridgehead atoms. The van der Waals surface area contributed by atoms with Crippen LogP contribution >= 0.6 is 11.3 Å². The molecule has 0 atom stereocenters. The van der Waals surface area contributed by atoms with Crippen LogP contribution in [0.1, 0.15) is 10.5 Å². The Labute approximate surface area is 78.1 Å². The van der Waals surface area contributed by atoms with Crippen LogP contribution in [0, 0.1) is 0 Å². The number of carboxylic acid groups (broad SMARTS) is 1. The van der Waals surface area contributed by atoms with Crippen molar-refractivity contribution in [3.8, 4) is 5.13 Å². The molecule has 0 radical (unpaired) electrons. The Bertz CT molecular complexity index is 419. The maximum Gasteiger partial charge on any atom is 0.352 e. The summed E-state index contributed by atoms with van der Waals surface area (Å²) in [6.45, 7) is 0. The van der Waals surface area contributed by atoms with Gasteiger partial charge >= 0.3 is 5.97 Å². The SMILES string of the molecule is O=C(O)c1cccn1-c1nccs1. The van der Waals surface area contributed by atoms with E-state index in [0.29, 0.717) is 5.13 Å². The molecule has 13 heavy (non-hydrogen) atoms. The average Bonchev–Trinajstić information content (AvgIpc) is 2.74. The number of aromatic nitrogens is 2. The van der Waals surface area contributed by atoms with Crippen LogP contribution in [0.25, 0.3) is 5.13 Å². The van der Waals surface area contributed by atoms with Gasteiger partial charge in [-0.05, 0) is 12.1 Å². The zero-order valence-corrected chi connectivity index (χ0v) is 7.36. The van der Waals surface area contributed by atoms with E-state index in [4.69, 9.17) is 5.11 Å². The van der Waals surface area contributed by atoms with Crippen molar-refractivity contribution in [2.45, 2.75) is 0 Å². The van der Waals surface area contributed by atoms with Crippen LogP contribution in [0.15, 0.2) is 29.9 Å². The largest absolute Gasteiger partial charge is 0.477 e. The van der Waals surface area contributed by atoms with Crippen LogP contribution in [0.5, 0.6) is 0 Å². The topological polar surface area (TPSA) is 55.1 Å². The smallest absolute Gasteiger partial charge is 0.352 e. The summed E-state index contributed by atoms with van der Waals surface area (Å²) < 4.78 is 1.55. The second-order valence-electron chi connectivity index (χ2n) is 2.38. The molecule has 1 N–H and O–H groups in total. The van der Waals surface area contributed by atoms with E-state index in [2.05, 4.69) is 4.98 Å². The van der Waals surface area contributed by atoms with Crippen molar-refractivity contribution in [2.75, 3.05) is 0 Å². The molecule has 0 fully saturated rings. The number of hydrogen-bond acceptors (Lipinski definition) is 3. The van der Waals surface area contributed by atoms with Gasteiger partial charge in [0.1, 0.15) is 5.69 Å². The number of thiazole rings is 1. The predicted molar refractivity (Wildman–Crippen MR) is 48.4 cm³/mol. The fourth-order valence-corrected chi connectivity index (χ4v) is 1.69. The quantitative estimate of drug-likeness (QED) is 0.790. The molecule has 0 saturated heterocycles. The van der Waals surface area contributed by atoms with Crippen molar-refractivity contribution in [2.24, 2.45) is 0 Å². The Balaban J connectivity index is 2.52. The van der Waals surface area contributed by atoms with Gasteiger partial charge in [-0.3, -0.25) is 4.57 Å². The van der Waals surface area contributed by atoms with Crippen LogP contribution in [-0.2, 0) is 0 Å². The van der Waals surface area contributed by atoms with E-state index in [1.165, 1.54) is 11.3 Å². The fourth-order valence-electron chi connectivity index (χ4n) is 1.06. The molecule has 4 nitrogen and oxygen atoms in total. The lowest BCUT2D eigenvalue weighted by atomic mass is 10.4. The van der Waals surface area contributed by atoms with Crippen LogP contribution in [0.3, 0.4) is 0 Å². The summed E-state index contributed by atoms with van der Waals surface area (Å²) in [5.41, 5.74) is 0.231. The molecule has 2 aromatic rings. The number of hydrogen-bond donors (Lipinski definition) is 1. The Hall–Kier alpha value is -1.62. The fraction of sp³-hybridized carbons (Fsp3) is 0. The van der Waals surface area contributed by atoms with Gasteiger partial charge in [-0.2, -0.15) is 0 Å². The summed E-state index contributed by atoms with van der Waals surface area (Å²) in [6.07, 6.45) is 3.33. The summed E-state index contributed by atoms with van der Waals surface area (Å²) in [5.74, 6) is -0.944. The van der Waals surface area contributed by atoms with Crippen molar-refractivity contribution < 1.29 is 9.90 Å². The molecule has 0 saturated carbocycles. The van der Waals surface area contributed by atoms with Crippen LogP contribution in [-0.4, -0.2) is 20.6 Å². The van der Waals surface area contributed by atoms with Gasteiger partial charge in [-0.1, -0.05) is 0 Å². The molecular formula is C8H6N2O2S. The van der Waals surface area contributed by atoms with Gasteiger partial charge in [-0.15, -0.1) is 11.3 Å². The highest BCUT2D eigenvalue weighted by molar-refractivity contribution is 7.12. The van der Waals surface area contributed by atoms with E-state index in [1.807, 2.05) is 0 Å². The van der Waals surface area contributed by atoms with Gasteiger partial charge in [0.2, 0.25) is 0 Å². The third-order valence-corrected chi connectivity index (χ3v) is 2.36. The molecule has 0 amide bonds. The number of nitrogens with zero attached hydrogens (tertiary/aromatic N) is 2. The Morgan fingerprint density at radius 3 is 3.08 bits per heavy atom. The van der Waals surface area contributed by atoms with E-state index in [1.54, 1.807) is 34.5 Å². The van der Waals surface area contributed by atoms with Crippen molar-refractivity contribution in [1.82, 2.24) is 9.55 Å². The normalized spacial score (nSPS) is 10.2. The van der Waals surface area contributed by atoms with E-state index in [0.717, 1.165) is 0 Å². The third kappa shape index (κ3) is 1.33. The highest BCUT2D eigenvalue weighted by Gasteiger charge is 2.10. The number of aromatic carboxylic acids is 1. The molecule has 66 valence electrons. The third-order valence-electron chi connectivity index (χ3n) is 1.59. The Morgan fingerprint density at radius 2 is 2.46 bits per heavy atom. The van der Waals surface area contributed by atoms with E-state index >= 15 is 0 Å². The Morgan fingerprint density at radius 1 is 1.62 bits per heavy atom. The molecule has 2 rings (SSSR count). The molecule has 0 spiro atoms. The van der Waals surface area contributed by atoms with Gasteiger partial charge < -0.3 is 5.11 Å². The highest BCUT2D eigenvalue weighted by atomic mass is 32.1. The number of carboxylic acids is 1. The molecule has 2 heterocycles. The lowest BCUT2D eigenvalue weighted by molar-refractivity contribution is 0.0688. The number of carbonyl (C=O) groups is 1. The first-order valence-electron chi connectivity index (χ1n) is 3.59. The summed E-state index contributed by atoms with van der Waals surface area (Å²) in [4.78, 5) is 14.8. The predicted octanol–water partition coefficient (Wildman–Crippen LogP) is 1.63. The zero-order chi connectivity index (χ0) is 9.26. The minimum Gasteiger partial charge on any atom is -0.477 e. The minimum atomic E-state index is -0.944. The molecule has 0 aliphatic heterocycles. The summed E-state index contributed by atoms with van der Waals surface area (Å²) in [6, 6.07) is 3.23. The molecule has 0 aliphatic rings. The van der Waals surface area contributed by atoms with Crippen LogP contribution < -0.4 is 0 Å². The first kappa shape index (κ1) is 8.00. The summed E-state index contributed by atoms with van der Waals surface area (Å²) in [7, 11) is 0. The second-order valence-corrected chi connectivity index (χ2v) is 3.26. The lowest BCUT2D eigenvalue weighted by Gasteiger charge is -1.99. The van der Waals surface area contributed by atoms with E-state index in [9.17, 15) is 4.79 Å². The van der Waals surface area contributed by atoms with Crippen molar-refractivity contribution in [3.63, 3.8) is 0 Å². The van der Waals surface area contributed by atoms with Crippen LogP contribution in [0.4, 0.5) is 0 Å². The lowest BCUT2D eigenvalue weighted by Crippen LogP contribution is -2.04. The summed E-state index contributed by atoms with van der Waals surface area (Å²) >= 11 is 1.40. The van der Waals surface area contributed by atoms with E-state index in [-0.39, 0.29) is 5.69 Å². The Kier molecular flexibility index (Phi) is 1.86. The minimum absolute atomic E-state index is 0.231. The molecule has 2 aromatic heterocycles. The van der Waals surface area contributed by atoms with Crippen molar-refractivity contribution in [3.05, 3.63) is 35.6 Å². The van der Waals surface area contributed by atoms with Crippen molar-refractivity contribution in [1.29, 1.82) is 0 Å². The first-order chi connectivity index (χ1) is 6.29. The van der Waals surface area contributed by atoms with Gasteiger partial charge in [0.05, 0.1) is 0 Å². The molecular weight excluding hydrogens is 188 g/mol. The average molecular weight is 194 g/mol. The molecule has 0 aromatic carbocycles. The second kappa shape index (κ2) is 3.02. The van der Waals surface area contributed by atoms with Crippen LogP contribution in [0.2, 0.25) is 0 Å². The first-order valence-corrected chi connectivity index (χ1v) is 4.47. The maximum atomic E-state index is 10.7. The van der Waals surface area contributed by atoms with Gasteiger partial charge in [0, 0.05) is 17.8 Å².